The first-order valence-corrected chi connectivity index (χ1v) is 4.67. The average Bonchev–Trinajstić information content (AvgIpc) is 2.10. The lowest BCUT2D eigenvalue weighted by Gasteiger charge is -2.09. The van der Waals surface area contributed by atoms with Crippen molar-refractivity contribution in [2.24, 2.45) is 0 Å². The minimum Gasteiger partial charge on any atom is -0.469 e. The van der Waals surface area contributed by atoms with Crippen LogP contribution in [0.15, 0.2) is 0 Å². The van der Waals surface area contributed by atoms with E-state index in [1.165, 1.54) is 7.11 Å². The van der Waals surface area contributed by atoms with E-state index in [0.29, 0.717) is 19.4 Å². The Kier molecular flexibility index (Phi) is 6.53. The third-order valence-electron chi connectivity index (χ3n) is 1.49. The molecule has 0 atom stereocenters. The smallest absolute Gasteiger partial charge is 0.314 e. The quantitative estimate of drug-likeness (QED) is 0.508. The Balaban J connectivity index is 3.36. The lowest BCUT2D eigenvalue weighted by molar-refractivity contribution is -0.140. The molecule has 0 aromatic heterocycles. The first-order chi connectivity index (χ1) is 6.56. The summed E-state index contributed by atoms with van der Waals surface area (Å²) in [6, 6.07) is -0.0829. The maximum absolute atomic E-state index is 11.0. The topological polar surface area (TPSA) is 67.4 Å². The number of methoxy groups -OCH3 is 1. The molecule has 5 heteroatoms. The number of esters is 1. The minimum absolute atomic E-state index is 0.121. The van der Waals surface area contributed by atoms with E-state index >= 15 is 0 Å². The molecular formula is C9H18N2O3. The second kappa shape index (κ2) is 7.17. The van der Waals surface area contributed by atoms with Gasteiger partial charge >= 0.3 is 12.0 Å². The van der Waals surface area contributed by atoms with E-state index in [2.05, 4.69) is 15.4 Å². The third-order valence-corrected chi connectivity index (χ3v) is 1.49. The first kappa shape index (κ1) is 12.7. The van der Waals surface area contributed by atoms with Crippen LogP contribution in [0.25, 0.3) is 0 Å². The van der Waals surface area contributed by atoms with E-state index in [9.17, 15) is 9.59 Å². The van der Waals surface area contributed by atoms with Crippen LogP contribution in [0.4, 0.5) is 4.79 Å². The number of carbonyl (C=O) groups is 2. The number of rotatable bonds is 5. The maximum atomic E-state index is 11.0. The highest BCUT2D eigenvalue weighted by Gasteiger charge is 2.02. The molecule has 0 rings (SSSR count). The molecule has 0 aromatic carbocycles. The van der Waals surface area contributed by atoms with Crippen LogP contribution in [-0.4, -0.2) is 31.7 Å². The number of ether oxygens (including phenoxy) is 1. The molecule has 0 aromatic rings. The second-order valence-corrected chi connectivity index (χ2v) is 3.23. The van der Waals surface area contributed by atoms with Crippen LogP contribution in [0.3, 0.4) is 0 Å². The van der Waals surface area contributed by atoms with E-state index in [0.717, 1.165) is 0 Å². The van der Waals surface area contributed by atoms with E-state index in [4.69, 9.17) is 0 Å². The highest BCUT2D eigenvalue weighted by atomic mass is 16.5. The monoisotopic (exact) mass is 202 g/mol. The zero-order chi connectivity index (χ0) is 11.0. The van der Waals surface area contributed by atoms with Gasteiger partial charge in [0.15, 0.2) is 0 Å². The molecule has 0 aliphatic carbocycles. The summed E-state index contributed by atoms with van der Waals surface area (Å²) in [7, 11) is 1.35. The zero-order valence-electron chi connectivity index (χ0n) is 8.92. The van der Waals surface area contributed by atoms with Crippen molar-refractivity contribution in [3.05, 3.63) is 0 Å². The minimum atomic E-state index is -0.254. The molecular weight excluding hydrogens is 184 g/mol. The number of hydrogen-bond acceptors (Lipinski definition) is 3. The Morgan fingerprint density at radius 1 is 1.36 bits per heavy atom. The molecule has 5 nitrogen and oxygen atoms in total. The van der Waals surface area contributed by atoms with Crippen molar-refractivity contribution in [2.75, 3.05) is 13.7 Å². The van der Waals surface area contributed by atoms with Gasteiger partial charge in [0.1, 0.15) is 0 Å². The largest absolute Gasteiger partial charge is 0.469 e. The summed E-state index contributed by atoms with van der Waals surface area (Å²) in [5.74, 6) is -0.254. The summed E-state index contributed by atoms with van der Waals surface area (Å²) >= 11 is 0. The molecule has 2 N–H and O–H groups in total. The van der Waals surface area contributed by atoms with Gasteiger partial charge < -0.3 is 15.4 Å². The van der Waals surface area contributed by atoms with E-state index < -0.39 is 0 Å². The lowest BCUT2D eigenvalue weighted by atomic mass is 10.3. The van der Waals surface area contributed by atoms with Crippen LogP contribution in [-0.2, 0) is 9.53 Å². The van der Waals surface area contributed by atoms with E-state index in [-0.39, 0.29) is 18.0 Å². The fourth-order valence-corrected chi connectivity index (χ4v) is 0.850. The Bertz CT molecular complexity index is 192. The van der Waals surface area contributed by atoms with Crippen molar-refractivity contribution >= 4 is 12.0 Å². The molecule has 0 heterocycles. The van der Waals surface area contributed by atoms with E-state index in [1.807, 2.05) is 13.8 Å². The molecule has 0 radical (unpaired) electrons. The fraction of sp³-hybridized carbons (Fsp3) is 0.778. The molecule has 0 aliphatic heterocycles. The van der Waals surface area contributed by atoms with Crippen LogP contribution in [0.1, 0.15) is 26.7 Å². The number of hydrogen-bond donors (Lipinski definition) is 2. The Morgan fingerprint density at radius 2 is 2.00 bits per heavy atom. The number of carbonyl (C=O) groups excluding carboxylic acids is 2. The molecule has 0 fully saturated rings. The van der Waals surface area contributed by atoms with Crippen LogP contribution in [0, 0.1) is 0 Å². The van der Waals surface area contributed by atoms with Crippen molar-refractivity contribution in [3.8, 4) is 0 Å². The predicted molar refractivity (Wildman–Crippen MR) is 52.9 cm³/mol. The van der Waals surface area contributed by atoms with Crippen LogP contribution in [0.2, 0.25) is 0 Å². The Labute approximate surface area is 84.2 Å². The lowest BCUT2D eigenvalue weighted by Crippen LogP contribution is -2.39. The van der Waals surface area contributed by atoms with Crippen LogP contribution >= 0.6 is 0 Å². The van der Waals surface area contributed by atoms with Crippen molar-refractivity contribution in [1.82, 2.24) is 10.6 Å². The summed E-state index contributed by atoms with van der Waals surface area (Å²) in [6.07, 6.45) is 0.927. The number of urea groups is 1. The fourth-order valence-electron chi connectivity index (χ4n) is 0.850. The van der Waals surface area contributed by atoms with E-state index in [1.54, 1.807) is 0 Å². The zero-order valence-corrected chi connectivity index (χ0v) is 8.92. The Hall–Kier alpha value is -1.26. The molecule has 0 spiro atoms. The van der Waals surface area contributed by atoms with Gasteiger partial charge in [-0.1, -0.05) is 0 Å². The number of nitrogens with one attached hydrogen (secondary N) is 2. The molecule has 0 saturated heterocycles. The standard InChI is InChI=1S/C9H18N2O3/c1-7(2)11-9(13)10-6-4-5-8(12)14-3/h7H,4-6H2,1-3H3,(H2,10,11,13). The number of amides is 2. The molecule has 0 saturated carbocycles. The third kappa shape index (κ3) is 7.39. The van der Waals surface area contributed by atoms with Crippen LogP contribution in [0.5, 0.6) is 0 Å². The highest BCUT2D eigenvalue weighted by Crippen LogP contribution is 1.89. The summed E-state index contributed by atoms with van der Waals surface area (Å²) in [4.78, 5) is 21.7. The maximum Gasteiger partial charge on any atom is 0.314 e. The molecule has 0 aliphatic rings. The van der Waals surface area contributed by atoms with Gasteiger partial charge in [0.05, 0.1) is 7.11 Å². The van der Waals surface area contributed by atoms with Crippen LogP contribution < -0.4 is 10.6 Å². The van der Waals surface area contributed by atoms with Gasteiger partial charge in [-0.3, -0.25) is 4.79 Å². The summed E-state index contributed by atoms with van der Waals surface area (Å²) in [5, 5.41) is 5.31. The normalized spacial score (nSPS) is 9.71. The highest BCUT2D eigenvalue weighted by molar-refractivity contribution is 5.74. The van der Waals surface area contributed by atoms with Gasteiger partial charge in [0.2, 0.25) is 0 Å². The van der Waals surface area contributed by atoms with Crippen molar-refractivity contribution in [2.45, 2.75) is 32.7 Å². The van der Waals surface area contributed by atoms with Gasteiger partial charge in [-0.15, -0.1) is 0 Å². The average molecular weight is 202 g/mol. The van der Waals surface area contributed by atoms with Crippen molar-refractivity contribution in [3.63, 3.8) is 0 Å². The summed E-state index contributed by atoms with van der Waals surface area (Å²) in [6.45, 7) is 4.25. The molecule has 82 valence electrons. The second-order valence-electron chi connectivity index (χ2n) is 3.23. The summed E-state index contributed by atoms with van der Waals surface area (Å²) in [5.41, 5.74) is 0. The molecule has 2 amide bonds. The van der Waals surface area contributed by atoms with Crippen molar-refractivity contribution in [1.29, 1.82) is 0 Å². The summed E-state index contributed by atoms with van der Waals surface area (Å²) < 4.78 is 4.45. The molecule has 14 heavy (non-hydrogen) atoms. The van der Waals surface area contributed by atoms with Gasteiger partial charge in [0.25, 0.3) is 0 Å². The SMILES string of the molecule is COC(=O)CCCNC(=O)NC(C)C. The van der Waals surface area contributed by atoms with Gasteiger partial charge in [-0.25, -0.2) is 4.79 Å². The Morgan fingerprint density at radius 3 is 2.50 bits per heavy atom. The predicted octanol–water partition coefficient (Wildman–Crippen LogP) is 0.647. The van der Waals surface area contributed by atoms with Gasteiger partial charge in [-0.05, 0) is 20.3 Å². The molecule has 0 unspecified atom stereocenters. The molecule has 0 bridgehead atoms. The van der Waals surface area contributed by atoms with Crippen molar-refractivity contribution < 1.29 is 14.3 Å². The van der Waals surface area contributed by atoms with Gasteiger partial charge in [0, 0.05) is 19.0 Å². The first-order valence-electron chi connectivity index (χ1n) is 4.67. The van der Waals surface area contributed by atoms with Gasteiger partial charge in [-0.2, -0.15) is 0 Å².